The first-order valence-electron chi connectivity index (χ1n) is 9.92. The van der Waals surface area contributed by atoms with Gasteiger partial charge in [0.15, 0.2) is 12.4 Å². The molecular weight excluding hydrogens is 373 g/mol. The van der Waals surface area contributed by atoms with Crippen LogP contribution in [0.25, 0.3) is 0 Å². The third-order valence-electron chi connectivity index (χ3n) is 6.56. The van der Waals surface area contributed by atoms with Crippen LogP contribution in [0.4, 0.5) is 10.1 Å². The number of nitrogens with zero attached hydrogens (tertiary/aromatic N) is 1. The number of hydrogen-bond acceptors (Lipinski definition) is 4. The third kappa shape index (κ3) is 2.94. The van der Waals surface area contributed by atoms with Gasteiger partial charge in [0.1, 0.15) is 11.6 Å². The first kappa shape index (κ1) is 18.0. The number of halogens is 1. The van der Waals surface area contributed by atoms with Gasteiger partial charge in [-0.3, -0.25) is 19.3 Å². The van der Waals surface area contributed by atoms with Gasteiger partial charge < -0.3 is 4.74 Å². The zero-order valence-corrected chi connectivity index (χ0v) is 15.7. The number of carbonyl (C=O) groups excluding carboxylic acids is 3. The molecule has 0 N–H and O–H groups in total. The number of imide groups is 1. The minimum atomic E-state index is -0.402. The summed E-state index contributed by atoms with van der Waals surface area (Å²) in [5, 5.41) is 0. The van der Waals surface area contributed by atoms with Crippen molar-refractivity contribution in [3.63, 3.8) is 0 Å². The van der Waals surface area contributed by atoms with Crippen LogP contribution in [-0.4, -0.2) is 24.2 Å². The number of anilines is 1. The highest BCUT2D eigenvalue weighted by atomic mass is 19.1. The van der Waals surface area contributed by atoms with Gasteiger partial charge in [-0.05, 0) is 79.6 Å². The zero-order valence-electron chi connectivity index (χ0n) is 15.7. The fraction of sp³-hybridized carbons (Fsp3) is 0.348. The number of ketones is 1. The molecule has 2 aromatic carbocycles. The normalized spacial score (nSPS) is 27.4. The van der Waals surface area contributed by atoms with Crippen molar-refractivity contribution in [2.45, 2.75) is 19.3 Å². The molecule has 1 saturated heterocycles. The summed E-state index contributed by atoms with van der Waals surface area (Å²) in [6.45, 7) is -0.180. The number of amides is 2. The van der Waals surface area contributed by atoms with Gasteiger partial charge in [-0.1, -0.05) is 0 Å². The molecular formula is C23H20FNO4. The van der Waals surface area contributed by atoms with Crippen molar-refractivity contribution in [3.8, 4) is 5.75 Å². The van der Waals surface area contributed by atoms with Crippen molar-refractivity contribution in [1.82, 2.24) is 0 Å². The maximum atomic E-state index is 12.9. The van der Waals surface area contributed by atoms with Gasteiger partial charge in [-0.2, -0.15) is 0 Å². The first-order chi connectivity index (χ1) is 14.0. The summed E-state index contributed by atoms with van der Waals surface area (Å²) >= 11 is 0. The molecule has 1 heterocycles. The van der Waals surface area contributed by atoms with Crippen molar-refractivity contribution in [1.29, 1.82) is 0 Å². The van der Waals surface area contributed by atoms with Crippen molar-refractivity contribution in [2.24, 2.45) is 23.7 Å². The van der Waals surface area contributed by atoms with Crippen LogP contribution in [0.1, 0.15) is 29.6 Å². The molecule has 0 spiro atoms. The van der Waals surface area contributed by atoms with E-state index in [0.717, 1.165) is 19.3 Å². The van der Waals surface area contributed by atoms with Crippen molar-refractivity contribution >= 4 is 23.3 Å². The summed E-state index contributed by atoms with van der Waals surface area (Å²) in [6, 6.07) is 11.9. The van der Waals surface area contributed by atoms with Crippen LogP contribution >= 0.6 is 0 Å². The molecule has 5 rings (SSSR count). The second-order valence-corrected chi connectivity index (χ2v) is 8.11. The van der Waals surface area contributed by atoms with E-state index in [1.54, 1.807) is 24.3 Å². The fourth-order valence-corrected chi connectivity index (χ4v) is 5.22. The van der Waals surface area contributed by atoms with Gasteiger partial charge in [0.2, 0.25) is 11.8 Å². The van der Waals surface area contributed by atoms with Gasteiger partial charge in [-0.25, -0.2) is 4.39 Å². The largest absolute Gasteiger partial charge is 0.485 e. The number of fused-ring (bicyclic) bond motifs is 5. The average Bonchev–Trinajstić information content (AvgIpc) is 3.41. The van der Waals surface area contributed by atoms with E-state index in [0.29, 0.717) is 28.8 Å². The Hall–Kier alpha value is -3.02. The summed E-state index contributed by atoms with van der Waals surface area (Å²) < 4.78 is 18.5. The maximum Gasteiger partial charge on any atom is 0.237 e. The first-order valence-corrected chi connectivity index (χ1v) is 9.92. The summed E-state index contributed by atoms with van der Waals surface area (Å²) in [4.78, 5) is 39.2. The van der Waals surface area contributed by atoms with Gasteiger partial charge >= 0.3 is 0 Å². The fourth-order valence-electron chi connectivity index (χ4n) is 5.22. The van der Waals surface area contributed by atoms with E-state index in [-0.39, 0.29) is 36.0 Å². The van der Waals surface area contributed by atoms with Crippen LogP contribution in [0.15, 0.2) is 48.5 Å². The van der Waals surface area contributed by atoms with Crippen LogP contribution in [0.3, 0.4) is 0 Å². The minimum absolute atomic E-state index is 0.0765. The molecule has 148 valence electrons. The maximum absolute atomic E-state index is 12.9. The number of ether oxygens (including phenoxy) is 1. The van der Waals surface area contributed by atoms with E-state index in [4.69, 9.17) is 4.74 Å². The molecule has 3 aliphatic rings. The molecule has 29 heavy (non-hydrogen) atoms. The Labute approximate surface area is 167 Å². The lowest BCUT2D eigenvalue weighted by atomic mass is 9.81. The van der Waals surface area contributed by atoms with E-state index in [1.165, 1.54) is 29.2 Å². The summed E-state index contributed by atoms with van der Waals surface area (Å²) in [6.07, 6.45) is 3.11. The summed E-state index contributed by atoms with van der Waals surface area (Å²) in [5.41, 5.74) is 0.920. The average molecular weight is 393 g/mol. The topological polar surface area (TPSA) is 63.7 Å². The van der Waals surface area contributed by atoms with Gasteiger partial charge in [0.25, 0.3) is 0 Å². The van der Waals surface area contributed by atoms with Gasteiger partial charge in [0.05, 0.1) is 17.5 Å². The Kier molecular flexibility index (Phi) is 4.23. The number of benzene rings is 2. The van der Waals surface area contributed by atoms with E-state index in [2.05, 4.69) is 0 Å². The Morgan fingerprint density at radius 2 is 1.52 bits per heavy atom. The number of hydrogen-bond donors (Lipinski definition) is 0. The van der Waals surface area contributed by atoms with Crippen LogP contribution in [0.2, 0.25) is 0 Å². The highest BCUT2D eigenvalue weighted by Gasteiger charge is 2.61. The SMILES string of the molecule is O=C(COc1ccc(N2C(=O)[C@@H]3[C@@H]4CC[C@H](C4)[C@@H]3C2=O)cc1)c1ccc(F)cc1. The van der Waals surface area contributed by atoms with Crippen molar-refractivity contribution in [2.75, 3.05) is 11.5 Å². The zero-order chi connectivity index (χ0) is 20.1. The van der Waals surface area contributed by atoms with Gasteiger partial charge in [-0.15, -0.1) is 0 Å². The quantitative estimate of drug-likeness (QED) is 0.575. The monoisotopic (exact) mass is 393 g/mol. The Morgan fingerprint density at radius 1 is 0.931 bits per heavy atom. The highest BCUT2D eigenvalue weighted by molar-refractivity contribution is 6.22. The molecule has 2 aliphatic carbocycles. The number of rotatable bonds is 5. The number of Topliss-reactive ketones (excluding diaryl/α,β-unsaturated/α-hetero) is 1. The van der Waals surface area contributed by atoms with Gasteiger partial charge in [0, 0.05) is 5.56 Å². The molecule has 1 aliphatic heterocycles. The molecule has 0 unspecified atom stereocenters. The molecule has 5 nitrogen and oxygen atoms in total. The van der Waals surface area contributed by atoms with E-state index < -0.39 is 5.82 Å². The lowest BCUT2D eigenvalue weighted by Gasteiger charge is -2.19. The van der Waals surface area contributed by atoms with Crippen LogP contribution in [-0.2, 0) is 9.59 Å². The van der Waals surface area contributed by atoms with E-state index in [1.807, 2.05) is 0 Å². The molecule has 0 radical (unpaired) electrons. The second-order valence-electron chi connectivity index (χ2n) is 8.11. The third-order valence-corrected chi connectivity index (χ3v) is 6.56. The molecule has 4 atom stereocenters. The molecule has 2 aromatic rings. The predicted octanol–water partition coefficient (Wildman–Crippen LogP) is 3.62. The van der Waals surface area contributed by atoms with Crippen molar-refractivity contribution < 1.29 is 23.5 Å². The molecule has 2 amide bonds. The van der Waals surface area contributed by atoms with Crippen LogP contribution < -0.4 is 9.64 Å². The molecule has 3 fully saturated rings. The lowest BCUT2D eigenvalue weighted by Crippen LogP contribution is -2.32. The molecule has 0 aromatic heterocycles. The molecule has 6 heteroatoms. The van der Waals surface area contributed by atoms with Crippen molar-refractivity contribution in [3.05, 3.63) is 59.9 Å². The van der Waals surface area contributed by atoms with Crippen LogP contribution in [0, 0.1) is 29.5 Å². The predicted molar refractivity (Wildman–Crippen MR) is 103 cm³/mol. The van der Waals surface area contributed by atoms with Crippen LogP contribution in [0.5, 0.6) is 5.75 Å². The summed E-state index contributed by atoms with van der Waals surface area (Å²) in [7, 11) is 0. The molecule has 2 bridgehead atoms. The van der Waals surface area contributed by atoms with E-state index in [9.17, 15) is 18.8 Å². The van der Waals surface area contributed by atoms with E-state index >= 15 is 0 Å². The Bertz CT molecular complexity index is 957. The minimum Gasteiger partial charge on any atom is -0.485 e. The molecule has 2 saturated carbocycles. The Morgan fingerprint density at radius 3 is 2.10 bits per heavy atom. The smallest absolute Gasteiger partial charge is 0.237 e. The summed E-state index contributed by atoms with van der Waals surface area (Å²) in [5.74, 6) is 0.0563. The second kappa shape index (κ2) is 6.79. The lowest BCUT2D eigenvalue weighted by molar-refractivity contribution is -0.123. The standard InChI is InChI=1S/C23H20FNO4/c24-16-5-3-13(4-6-16)19(26)12-29-18-9-7-17(8-10-18)25-22(27)20-14-1-2-15(11-14)21(20)23(25)28/h3-10,14-15,20-21H,1-2,11-12H2/t14-,15-,20-,21+/m1/s1. The highest BCUT2D eigenvalue weighted by Crippen LogP contribution is 2.56. The Balaban J connectivity index is 1.26. The number of carbonyl (C=O) groups is 3.